The van der Waals surface area contributed by atoms with Crippen molar-refractivity contribution in [3.05, 3.63) is 23.7 Å². The van der Waals surface area contributed by atoms with E-state index in [0.29, 0.717) is 23.7 Å². The van der Waals surface area contributed by atoms with Crippen LogP contribution in [0.3, 0.4) is 0 Å². The zero-order valence-electron chi connectivity index (χ0n) is 19.9. The zero-order valence-corrected chi connectivity index (χ0v) is 20.7. The van der Waals surface area contributed by atoms with Gasteiger partial charge in [-0.3, -0.25) is 4.98 Å². The minimum absolute atomic E-state index is 0.114. The van der Waals surface area contributed by atoms with E-state index in [-0.39, 0.29) is 12.0 Å². The Bertz CT molecular complexity index is 1240. The number of nitrogens with zero attached hydrogens (tertiary/aromatic N) is 4. The molecule has 34 heavy (non-hydrogen) atoms. The number of aliphatic hydroxyl groups excluding tert-OH is 1. The molecule has 0 aromatic carbocycles. The van der Waals surface area contributed by atoms with Crippen LogP contribution < -0.4 is 10.6 Å². The number of anilines is 2. The molecule has 3 heterocycles. The molecule has 4 N–H and O–H groups in total. The van der Waals surface area contributed by atoms with Gasteiger partial charge < -0.3 is 20.8 Å². The van der Waals surface area contributed by atoms with Gasteiger partial charge in [0, 0.05) is 12.2 Å². The van der Waals surface area contributed by atoms with Crippen molar-refractivity contribution in [3.8, 4) is 10.6 Å². The molecule has 0 amide bonds. The van der Waals surface area contributed by atoms with Gasteiger partial charge in [0.1, 0.15) is 21.9 Å². The van der Waals surface area contributed by atoms with Crippen LogP contribution in [0.15, 0.2) is 12.3 Å². The van der Waals surface area contributed by atoms with Crippen LogP contribution >= 0.6 is 11.3 Å². The first kappa shape index (κ1) is 22.1. The maximum absolute atomic E-state index is 11.3. The summed E-state index contributed by atoms with van der Waals surface area (Å²) in [6, 6.07) is 2.08. The molecular weight excluding hydrogens is 448 g/mol. The average Bonchev–Trinajstić information content (AvgIpc) is 3.46. The number of hydrogen-bond donors (Lipinski definition) is 4. The van der Waals surface area contributed by atoms with Crippen molar-refractivity contribution in [2.45, 2.75) is 83.1 Å². The quantitative estimate of drug-likeness (QED) is 0.418. The van der Waals surface area contributed by atoms with Gasteiger partial charge in [-0.15, -0.1) is 11.3 Å². The number of aromatic nitrogens is 4. The summed E-state index contributed by atoms with van der Waals surface area (Å²) in [6.07, 6.45) is 7.54. The van der Waals surface area contributed by atoms with Crippen LogP contribution in [0.5, 0.6) is 0 Å². The summed E-state index contributed by atoms with van der Waals surface area (Å²) in [4.78, 5) is 19.0. The third-order valence-corrected chi connectivity index (χ3v) is 9.03. The highest BCUT2D eigenvalue weighted by Crippen LogP contribution is 2.49. The fourth-order valence-corrected chi connectivity index (χ4v) is 6.56. The molecule has 4 atom stereocenters. The number of thiazole rings is 1. The third kappa shape index (κ3) is 3.74. The Hall–Kier alpha value is -2.36. The zero-order chi connectivity index (χ0) is 23.6. The minimum atomic E-state index is -1.24. The van der Waals surface area contributed by atoms with E-state index in [1.807, 2.05) is 26.1 Å². The molecule has 0 bridgehead atoms. The summed E-state index contributed by atoms with van der Waals surface area (Å²) < 4.78 is 1.07. The lowest BCUT2D eigenvalue weighted by atomic mass is 9.93. The third-order valence-electron chi connectivity index (χ3n) is 7.99. The number of nitrogens with one attached hydrogen (secondary N) is 2. The van der Waals surface area contributed by atoms with Crippen LogP contribution in [0, 0.1) is 25.7 Å². The number of aryl methyl sites for hydroxylation is 2. The topological polar surface area (TPSA) is 116 Å². The highest BCUT2D eigenvalue weighted by molar-refractivity contribution is 7.21. The number of rotatable bonds is 6. The Labute approximate surface area is 203 Å². The Morgan fingerprint density at radius 1 is 1.06 bits per heavy atom. The molecule has 9 heteroatoms. The smallest absolute Gasteiger partial charge is 0.225 e. The van der Waals surface area contributed by atoms with Gasteiger partial charge in [-0.25, -0.2) is 9.97 Å². The first-order chi connectivity index (χ1) is 16.3. The van der Waals surface area contributed by atoms with Crippen LogP contribution in [0.1, 0.15) is 56.8 Å². The normalized spacial score (nSPS) is 29.4. The van der Waals surface area contributed by atoms with E-state index < -0.39 is 11.7 Å². The second kappa shape index (κ2) is 8.10. The van der Waals surface area contributed by atoms with Gasteiger partial charge in [0.2, 0.25) is 5.95 Å². The molecule has 0 aliphatic heterocycles. The summed E-state index contributed by atoms with van der Waals surface area (Å²) in [5, 5.41) is 30.0. The lowest BCUT2D eigenvalue weighted by molar-refractivity contribution is -0.0612. The highest BCUT2D eigenvalue weighted by atomic mass is 32.1. The first-order valence-electron chi connectivity index (χ1n) is 12.4. The fourth-order valence-electron chi connectivity index (χ4n) is 5.45. The van der Waals surface area contributed by atoms with E-state index in [2.05, 4.69) is 15.6 Å². The molecule has 0 saturated heterocycles. The van der Waals surface area contributed by atoms with E-state index in [9.17, 15) is 10.2 Å². The summed E-state index contributed by atoms with van der Waals surface area (Å²) >= 11 is 1.60. The molecule has 3 aromatic heterocycles. The van der Waals surface area contributed by atoms with Crippen LogP contribution in [0.2, 0.25) is 0 Å². The van der Waals surface area contributed by atoms with Gasteiger partial charge in [-0.2, -0.15) is 4.98 Å². The highest BCUT2D eigenvalue weighted by Gasteiger charge is 2.55. The molecule has 180 valence electrons. The van der Waals surface area contributed by atoms with Crippen molar-refractivity contribution in [3.63, 3.8) is 0 Å². The lowest BCUT2D eigenvalue weighted by Gasteiger charge is -2.31. The maximum Gasteiger partial charge on any atom is 0.225 e. The number of pyridine rings is 1. The van der Waals surface area contributed by atoms with E-state index in [4.69, 9.17) is 15.0 Å². The molecule has 6 rings (SSSR count). The summed E-state index contributed by atoms with van der Waals surface area (Å²) in [5.41, 5.74) is 2.23. The molecule has 8 nitrogen and oxygen atoms in total. The van der Waals surface area contributed by atoms with Gasteiger partial charge in [0.15, 0.2) is 0 Å². The Kier molecular flexibility index (Phi) is 5.27. The van der Waals surface area contributed by atoms with Crippen molar-refractivity contribution in [1.29, 1.82) is 0 Å². The first-order valence-corrected chi connectivity index (χ1v) is 13.2. The summed E-state index contributed by atoms with van der Waals surface area (Å²) in [5.74, 6) is 1.88. The predicted octanol–water partition coefficient (Wildman–Crippen LogP) is 4.05. The van der Waals surface area contributed by atoms with E-state index >= 15 is 0 Å². The largest absolute Gasteiger partial charge is 0.390 e. The van der Waals surface area contributed by atoms with Gasteiger partial charge in [0.25, 0.3) is 0 Å². The van der Waals surface area contributed by atoms with Crippen molar-refractivity contribution in [2.75, 3.05) is 10.6 Å². The van der Waals surface area contributed by atoms with E-state index in [1.165, 1.54) is 6.42 Å². The molecule has 0 radical (unpaired) electrons. The Balaban J connectivity index is 1.41. The van der Waals surface area contributed by atoms with Crippen molar-refractivity contribution < 1.29 is 10.2 Å². The fraction of sp³-hybridized carbons (Fsp3) is 0.600. The van der Waals surface area contributed by atoms with Gasteiger partial charge in [-0.05, 0) is 77.2 Å². The maximum atomic E-state index is 11.3. The summed E-state index contributed by atoms with van der Waals surface area (Å²) in [7, 11) is 0. The second-order valence-corrected chi connectivity index (χ2v) is 11.5. The molecule has 3 saturated carbocycles. The summed E-state index contributed by atoms with van der Waals surface area (Å²) in [6.45, 7) is 5.70. The average molecular weight is 481 g/mol. The minimum Gasteiger partial charge on any atom is -0.390 e. The second-order valence-electron chi connectivity index (χ2n) is 10.5. The molecule has 3 aliphatic carbocycles. The van der Waals surface area contributed by atoms with Crippen LogP contribution in [0.25, 0.3) is 20.8 Å². The Morgan fingerprint density at radius 2 is 1.85 bits per heavy atom. The number of aliphatic hydroxyl groups is 2. The molecular formula is C25H32N6O2S. The van der Waals surface area contributed by atoms with Crippen molar-refractivity contribution >= 4 is 33.3 Å². The van der Waals surface area contributed by atoms with Crippen molar-refractivity contribution in [1.82, 2.24) is 19.9 Å². The van der Waals surface area contributed by atoms with Crippen LogP contribution in [-0.4, -0.2) is 53.9 Å². The molecule has 0 spiro atoms. The molecule has 0 unspecified atom stereocenters. The molecule has 3 aliphatic rings. The van der Waals surface area contributed by atoms with Crippen LogP contribution in [-0.2, 0) is 0 Å². The molecule has 3 fully saturated rings. The van der Waals surface area contributed by atoms with Gasteiger partial charge in [0.05, 0.1) is 33.8 Å². The van der Waals surface area contributed by atoms with Crippen molar-refractivity contribution in [2.24, 2.45) is 11.8 Å². The number of fused-ring (bicyclic) bond motifs is 1. The van der Waals surface area contributed by atoms with Gasteiger partial charge in [-0.1, -0.05) is 0 Å². The lowest BCUT2D eigenvalue weighted by Crippen LogP contribution is -2.47. The standard InChI is InChI=1S/C25H32N6O2S/c1-12-19(23-30-20-13(2)26-10-9-17(20)34-23)22(31-24(27-12)28-15-5-4-6-15)29-18-11-16(14-7-8-14)21(32)25(18,3)33/h9-10,14-16,18,21,32-33H,4-8,11H2,1-3H3,(H2,27,28,29,31)/t16-,18-,21-,25+/m1/s1. The van der Waals surface area contributed by atoms with E-state index in [1.54, 1.807) is 18.3 Å². The van der Waals surface area contributed by atoms with Gasteiger partial charge >= 0.3 is 0 Å². The predicted molar refractivity (Wildman–Crippen MR) is 134 cm³/mol. The SMILES string of the molecule is Cc1nc(NC2CCC2)nc(N[C@@H]2C[C@H](C3CC3)[C@@H](O)[C@@]2(C)O)c1-c1nc2c(C)nccc2s1. The Morgan fingerprint density at radius 3 is 2.53 bits per heavy atom. The number of hydrogen-bond acceptors (Lipinski definition) is 9. The monoisotopic (exact) mass is 480 g/mol. The molecule has 3 aromatic rings. The van der Waals surface area contributed by atoms with E-state index in [0.717, 1.165) is 64.3 Å². The van der Waals surface area contributed by atoms with Crippen LogP contribution in [0.4, 0.5) is 11.8 Å².